The van der Waals surface area contributed by atoms with Crippen molar-refractivity contribution in [2.24, 2.45) is 7.05 Å². The summed E-state index contributed by atoms with van der Waals surface area (Å²) in [4.78, 5) is 14.0. The van der Waals surface area contributed by atoms with Crippen LogP contribution in [0.15, 0.2) is 18.2 Å². The van der Waals surface area contributed by atoms with E-state index in [4.69, 9.17) is 0 Å². The van der Waals surface area contributed by atoms with Gasteiger partial charge in [-0.2, -0.15) is 0 Å². The van der Waals surface area contributed by atoms with Crippen LogP contribution in [0.5, 0.6) is 0 Å². The fraction of sp³-hybridized carbons (Fsp3) is 0.375. The van der Waals surface area contributed by atoms with E-state index in [9.17, 15) is 10.1 Å². The number of hydrogen-bond donors (Lipinski definition) is 0. The van der Waals surface area contributed by atoms with Crippen LogP contribution in [0.2, 0.25) is 0 Å². The summed E-state index contributed by atoms with van der Waals surface area (Å²) in [5.74, 6) is 0. The summed E-state index contributed by atoms with van der Waals surface area (Å²) in [7, 11) is 1.80. The lowest BCUT2D eigenvalue weighted by atomic mass is 10.3. The van der Waals surface area contributed by atoms with E-state index in [2.05, 4.69) is 4.98 Å². The van der Waals surface area contributed by atoms with Crippen molar-refractivity contribution < 1.29 is 4.92 Å². The van der Waals surface area contributed by atoms with Crippen LogP contribution in [0.4, 0.5) is 0 Å². The third kappa shape index (κ3) is 2.14. The zero-order valence-corrected chi connectivity index (χ0v) is 7.60. The molecule has 1 aromatic heterocycles. The molecule has 5 nitrogen and oxygen atoms in total. The molecule has 70 valence electrons. The zero-order chi connectivity index (χ0) is 9.84. The van der Waals surface area contributed by atoms with Crippen molar-refractivity contribution in [3.8, 4) is 0 Å². The summed E-state index contributed by atoms with van der Waals surface area (Å²) in [6, 6.07) is 0. The second-order valence-corrected chi connectivity index (χ2v) is 2.68. The molecule has 0 aliphatic heterocycles. The van der Waals surface area contributed by atoms with Crippen LogP contribution in [-0.4, -0.2) is 14.5 Å². The minimum atomic E-state index is -0.368. The summed E-state index contributed by atoms with van der Waals surface area (Å²) >= 11 is 0. The molecule has 1 rings (SSSR count). The van der Waals surface area contributed by atoms with Gasteiger partial charge in [0.05, 0.1) is 23.1 Å². The summed E-state index contributed by atoms with van der Waals surface area (Å²) in [6.07, 6.45) is 5.16. The molecular formula is C8H11N3O2. The molecular weight excluding hydrogens is 170 g/mol. The van der Waals surface area contributed by atoms with E-state index in [1.807, 2.05) is 0 Å². The van der Waals surface area contributed by atoms with E-state index in [0.717, 1.165) is 5.69 Å². The van der Waals surface area contributed by atoms with Crippen LogP contribution < -0.4 is 0 Å². The van der Waals surface area contributed by atoms with Gasteiger partial charge in [0.2, 0.25) is 5.70 Å². The summed E-state index contributed by atoms with van der Waals surface area (Å²) in [5, 5.41) is 10.5. The molecule has 0 aliphatic carbocycles. The van der Waals surface area contributed by atoms with E-state index in [-0.39, 0.29) is 10.6 Å². The van der Waals surface area contributed by atoms with Gasteiger partial charge in [0.15, 0.2) is 0 Å². The lowest BCUT2D eigenvalue weighted by Crippen LogP contribution is -1.98. The fourth-order valence-electron chi connectivity index (χ4n) is 0.961. The van der Waals surface area contributed by atoms with E-state index in [0.29, 0.717) is 6.42 Å². The lowest BCUT2D eigenvalue weighted by molar-refractivity contribution is -0.425. The molecule has 0 amide bonds. The smallest absolute Gasteiger partial charge is 0.248 e. The molecule has 0 radical (unpaired) electrons. The Morgan fingerprint density at radius 2 is 2.54 bits per heavy atom. The van der Waals surface area contributed by atoms with Crippen LogP contribution in [-0.2, 0) is 7.05 Å². The van der Waals surface area contributed by atoms with Crippen LogP contribution in [0.25, 0.3) is 6.08 Å². The first-order valence-corrected chi connectivity index (χ1v) is 3.96. The minimum absolute atomic E-state index is 0.198. The summed E-state index contributed by atoms with van der Waals surface area (Å²) < 4.78 is 1.74. The summed E-state index contributed by atoms with van der Waals surface area (Å²) in [6.45, 7) is 1.75. The van der Waals surface area contributed by atoms with E-state index in [1.165, 1.54) is 6.08 Å². The van der Waals surface area contributed by atoms with Gasteiger partial charge in [0, 0.05) is 19.5 Å². The molecule has 0 unspecified atom stereocenters. The number of rotatable bonds is 3. The molecule has 0 fully saturated rings. The molecule has 13 heavy (non-hydrogen) atoms. The molecule has 0 aromatic carbocycles. The van der Waals surface area contributed by atoms with Gasteiger partial charge in [-0.05, 0) is 0 Å². The molecule has 0 aliphatic rings. The Morgan fingerprint density at radius 3 is 2.92 bits per heavy atom. The maximum Gasteiger partial charge on any atom is 0.248 e. The first kappa shape index (κ1) is 9.44. The van der Waals surface area contributed by atoms with Crippen molar-refractivity contribution >= 4 is 6.08 Å². The Morgan fingerprint density at radius 1 is 1.85 bits per heavy atom. The first-order valence-electron chi connectivity index (χ1n) is 3.96. The molecule has 0 atom stereocenters. The monoisotopic (exact) mass is 181 g/mol. The Balaban J connectivity index is 2.98. The molecule has 1 heterocycles. The number of imidazole rings is 1. The number of aromatic nitrogens is 2. The highest BCUT2D eigenvalue weighted by molar-refractivity contribution is 5.45. The highest BCUT2D eigenvalue weighted by Crippen LogP contribution is 2.08. The Bertz CT molecular complexity index is 341. The minimum Gasteiger partial charge on any atom is -0.334 e. The number of aryl methyl sites for hydroxylation is 1. The topological polar surface area (TPSA) is 61.0 Å². The van der Waals surface area contributed by atoms with Gasteiger partial charge in [-0.1, -0.05) is 6.92 Å². The van der Waals surface area contributed by atoms with E-state index in [1.54, 1.807) is 31.1 Å². The second kappa shape index (κ2) is 3.84. The molecule has 1 aromatic rings. The fourth-order valence-corrected chi connectivity index (χ4v) is 0.961. The van der Waals surface area contributed by atoms with Gasteiger partial charge in [0.25, 0.3) is 0 Å². The molecule has 5 heteroatoms. The molecule has 0 saturated heterocycles. The van der Waals surface area contributed by atoms with E-state index >= 15 is 0 Å². The number of nitro groups is 1. The van der Waals surface area contributed by atoms with E-state index < -0.39 is 0 Å². The van der Waals surface area contributed by atoms with Gasteiger partial charge < -0.3 is 4.57 Å². The Labute approximate surface area is 75.9 Å². The number of nitrogens with zero attached hydrogens (tertiary/aromatic N) is 3. The standard InChI is InChI=1S/C8H11N3O2/c1-3-7(11(12)13)4-8-5-9-6-10(8)2/h4-6H,3H2,1-2H3/b7-4+. The quantitative estimate of drug-likeness (QED) is 0.523. The maximum absolute atomic E-state index is 10.5. The van der Waals surface area contributed by atoms with Gasteiger partial charge >= 0.3 is 0 Å². The number of allylic oxidation sites excluding steroid dienone is 1. The highest BCUT2D eigenvalue weighted by atomic mass is 16.6. The molecule has 0 spiro atoms. The predicted molar refractivity (Wildman–Crippen MR) is 48.5 cm³/mol. The van der Waals surface area contributed by atoms with Gasteiger partial charge in [-0.15, -0.1) is 0 Å². The zero-order valence-electron chi connectivity index (χ0n) is 7.60. The molecule has 0 N–H and O–H groups in total. The predicted octanol–water partition coefficient (Wildman–Crippen LogP) is 1.45. The lowest BCUT2D eigenvalue weighted by Gasteiger charge is -1.95. The van der Waals surface area contributed by atoms with Crippen molar-refractivity contribution in [3.05, 3.63) is 34.0 Å². The van der Waals surface area contributed by atoms with Crippen molar-refractivity contribution in [3.63, 3.8) is 0 Å². The van der Waals surface area contributed by atoms with Crippen molar-refractivity contribution in [1.82, 2.24) is 9.55 Å². The van der Waals surface area contributed by atoms with Crippen LogP contribution in [0.1, 0.15) is 19.0 Å². The van der Waals surface area contributed by atoms with Crippen LogP contribution in [0.3, 0.4) is 0 Å². The van der Waals surface area contributed by atoms with Gasteiger partial charge in [-0.3, -0.25) is 10.1 Å². The van der Waals surface area contributed by atoms with Gasteiger partial charge in [-0.25, -0.2) is 4.98 Å². The average molecular weight is 181 g/mol. The Hall–Kier alpha value is -1.65. The highest BCUT2D eigenvalue weighted by Gasteiger charge is 2.08. The average Bonchev–Trinajstić information content (AvgIpc) is 2.46. The molecule has 0 bridgehead atoms. The Kier molecular flexibility index (Phi) is 2.79. The third-order valence-electron chi connectivity index (χ3n) is 1.77. The largest absolute Gasteiger partial charge is 0.334 e. The van der Waals surface area contributed by atoms with Gasteiger partial charge in [0.1, 0.15) is 0 Å². The SMILES string of the molecule is CC/C(=C\c1cncn1C)[N+](=O)[O-]. The van der Waals surface area contributed by atoms with Crippen LogP contribution in [0, 0.1) is 10.1 Å². The maximum atomic E-state index is 10.5. The second-order valence-electron chi connectivity index (χ2n) is 2.68. The van der Waals surface area contributed by atoms with Crippen molar-refractivity contribution in [2.45, 2.75) is 13.3 Å². The van der Waals surface area contributed by atoms with Crippen molar-refractivity contribution in [2.75, 3.05) is 0 Å². The van der Waals surface area contributed by atoms with Crippen LogP contribution >= 0.6 is 0 Å². The molecule has 0 saturated carbocycles. The van der Waals surface area contributed by atoms with Crippen molar-refractivity contribution in [1.29, 1.82) is 0 Å². The summed E-state index contributed by atoms with van der Waals surface area (Å²) in [5.41, 5.74) is 0.942. The normalized spacial score (nSPS) is 11.7. The number of hydrogen-bond acceptors (Lipinski definition) is 3. The first-order chi connectivity index (χ1) is 6.15. The third-order valence-corrected chi connectivity index (χ3v) is 1.77.